The number of carbonyl (C=O) groups is 1. The molecule has 0 spiro atoms. The first kappa shape index (κ1) is 8.01. The molecule has 0 aliphatic carbocycles. The highest BCUT2D eigenvalue weighted by Gasteiger charge is 2.02. The number of aryl methyl sites for hydroxylation is 1. The van der Waals surface area contributed by atoms with E-state index < -0.39 is 0 Å². The Kier molecular flexibility index (Phi) is 2.43. The topological polar surface area (TPSA) is 26.3 Å². The number of benzene rings is 1. The van der Waals surface area contributed by atoms with Gasteiger partial charge in [0.15, 0.2) is 0 Å². The second kappa shape index (κ2) is 3.34. The lowest BCUT2D eigenvalue weighted by atomic mass is 10.1. The van der Waals surface area contributed by atoms with Crippen LogP contribution in [0.5, 0.6) is 0 Å². The molecule has 3 heteroatoms. The van der Waals surface area contributed by atoms with Gasteiger partial charge in [-0.3, -0.25) is 0 Å². The maximum Gasteiger partial charge on any atom is 0.345 e. The molecule has 2 nitrogen and oxygen atoms in total. The molecule has 0 bridgehead atoms. The van der Waals surface area contributed by atoms with Crippen molar-refractivity contribution in [1.29, 1.82) is 0 Å². The van der Waals surface area contributed by atoms with E-state index in [1.165, 1.54) is 0 Å². The van der Waals surface area contributed by atoms with Crippen LogP contribution in [0.4, 0.5) is 0 Å². The van der Waals surface area contributed by atoms with Crippen molar-refractivity contribution in [2.75, 3.05) is 0 Å². The number of hydrogen-bond acceptors (Lipinski definition) is 2. The van der Waals surface area contributed by atoms with Gasteiger partial charge in [-0.1, -0.05) is 17.7 Å². The van der Waals surface area contributed by atoms with Crippen LogP contribution >= 0.6 is 0 Å². The molecule has 55 valence electrons. The summed E-state index contributed by atoms with van der Waals surface area (Å²) in [5.41, 5.74) is 1.60. The minimum Gasteiger partial charge on any atom is -0.513 e. The summed E-state index contributed by atoms with van der Waals surface area (Å²) in [6.45, 7) is 1.92. The van der Waals surface area contributed by atoms with E-state index >= 15 is 0 Å². The monoisotopic (exact) mass is 163 g/mol. The summed E-state index contributed by atoms with van der Waals surface area (Å²) in [4.78, 5) is 10.9. The molecule has 11 heavy (non-hydrogen) atoms. The Labute approximate surface area is 68.7 Å². The summed E-state index contributed by atoms with van der Waals surface area (Å²) < 4.78 is 4.36. The van der Waals surface area contributed by atoms with Crippen LogP contribution in [0.25, 0.3) is 0 Å². The zero-order chi connectivity index (χ0) is 8.27. The number of carbonyl (C=O) groups excluding carboxylic acids is 1. The minimum atomic E-state index is -0.370. The highest BCUT2D eigenvalue weighted by Crippen LogP contribution is 2.04. The van der Waals surface area contributed by atoms with E-state index in [9.17, 15) is 4.79 Å². The Morgan fingerprint density at radius 2 is 2.27 bits per heavy atom. The molecule has 0 aromatic heterocycles. The molecular formula is C8H7O2Si. The average Bonchev–Trinajstić information content (AvgIpc) is 2.03. The Bertz CT molecular complexity index is 271. The van der Waals surface area contributed by atoms with Gasteiger partial charge in [-0.25, -0.2) is 4.79 Å². The van der Waals surface area contributed by atoms with Gasteiger partial charge < -0.3 is 4.43 Å². The average molecular weight is 163 g/mol. The van der Waals surface area contributed by atoms with Crippen molar-refractivity contribution in [2.24, 2.45) is 0 Å². The van der Waals surface area contributed by atoms with E-state index in [1.807, 2.05) is 19.1 Å². The standard InChI is InChI=1S/C8H7O2Si/c1-6-3-2-4-7(5-6)8(9)10-11/h2-5H,1H3. The van der Waals surface area contributed by atoms with Crippen molar-refractivity contribution in [3.63, 3.8) is 0 Å². The van der Waals surface area contributed by atoms with Gasteiger partial charge in [0.05, 0.1) is 5.56 Å². The van der Waals surface area contributed by atoms with Gasteiger partial charge >= 0.3 is 16.5 Å². The van der Waals surface area contributed by atoms with Crippen LogP contribution in [0.3, 0.4) is 0 Å². The van der Waals surface area contributed by atoms with Crippen molar-refractivity contribution in [2.45, 2.75) is 6.92 Å². The minimum absolute atomic E-state index is 0.370. The van der Waals surface area contributed by atoms with Crippen LogP contribution in [0.2, 0.25) is 0 Å². The second-order valence-corrected chi connectivity index (χ2v) is 2.46. The van der Waals surface area contributed by atoms with Crippen LogP contribution < -0.4 is 0 Å². The van der Waals surface area contributed by atoms with Crippen LogP contribution in [-0.2, 0) is 4.43 Å². The summed E-state index contributed by atoms with van der Waals surface area (Å²) in [5.74, 6) is -0.370. The Hall–Kier alpha value is -1.09. The van der Waals surface area contributed by atoms with E-state index in [1.54, 1.807) is 12.1 Å². The molecule has 0 aliphatic rings. The smallest absolute Gasteiger partial charge is 0.345 e. The summed E-state index contributed by atoms with van der Waals surface area (Å²) in [5, 5.41) is 0. The van der Waals surface area contributed by atoms with E-state index in [0.717, 1.165) is 5.56 Å². The molecule has 0 heterocycles. The fourth-order valence-electron chi connectivity index (χ4n) is 0.831. The van der Waals surface area contributed by atoms with Crippen molar-refractivity contribution < 1.29 is 9.22 Å². The maximum absolute atomic E-state index is 10.9. The highest BCUT2D eigenvalue weighted by atomic mass is 28.2. The predicted molar refractivity (Wildman–Crippen MR) is 42.3 cm³/mol. The molecule has 0 unspecified atom stereocenters. The Morgan fingerprint density at radius 3 is 2.82 bits per heavy atom. The third kappa shape index (κ3) is 1.91. The second-order valence-electron chi connectivity index (χ2n) is 2.26. The molecule has 0 aliphatic heterocycles. The van der Waals surface area contributed by atoms with E-state index in [-0.39, 0.29) is 5.97 Å². The SMILES string of the molecule is Cc1cccc(C(=O)O[Si])c1. The van der Waals surface area contributed by atoms with Crippen LogP contribution in [0.1, 0.15) is 15.9 Å². The van der Waals surface area contributed by atoms with Crippen LogP contribution in [-0.4, -0.2) is 16.5 Å². The number of hydrogen-bond donors (Lipinski definition) is 0. The summed E-state index contributed by atoms with van der Waals surface area (Å²) >= 11 is 0. The van der Waals surface area contributed by atoms with E-state index in [2.05, 4.69) is 14.9 Å². The molecular weight excluding hydrogens is 156 g/mol. The fraction of sp³-hybridized carbons (Fsp3) is 0.125. The zero-order valence-corrected chi connectivity index (χ0v) is 7.13. The first-order valence-electron chi connectivity index (χ1n) is 3.18. The fourth-order valence-corrected chi connectivity index (χ4v) is 0.949. The highest BCUT2D eigenvalue weighted by molar-refractivity contribution is 6.09. The van der Waals surface area contributed by atoms with Gasteiger partial charge in [-0.05, 0) is 19.1 Å². The Morgan fingerprint density at radius 1 is 1.55 bits per heavy atom. The lowest BCUT2D eigenvalue weighted by Gasteiger charge is -1.98. The van der Waals surface area contributed by atoms with Crippen molar-refractivity contribution in [3.05, 3.63) is 35.4 Å². The quantitative estimate of drug-likeness (QED) is 0.582. The Balaban J connectivity index is 2.96. The van der Waals surface area contributed by atoms with Gasteiger partial charge in [0.2, 0.25) is 0 Å². The van der Waals surface area contributed by atoms with E-state index in [4.69, 9.17) is 0 Å². The predicted octanol–water partition coefficient (Wildman–Crippen LogP) is 1.24. The molecule has 0 fully saturated rings. The van der Waals surface area contributed by atoms with Gasteiger partial charge in [-0.2, -0.15) is 0 Å². The molecule has 1 rings (SSSR count). The first-order chi connectivity index (χ1) is 5.24. The summed E-state index contributed by atoms with van der Waals surface area (Å²) in [6.07, 6.45) is 0. The van der Waals surface area contributed by atoms with Crippen molar-refractivity contribution >= 4 is 16.5 Å². The molecule has 1 aromatic carbocycles. The van der Waals surface area contributed by atoms with Gasteiger partial charge in [0, 0.05) is 0 Å². The molecule has 3 radical (unpaired) electrons. The normalized spacial score (nSPS) is 9.27. The third-order valence-electron chi connectivity index (χ3n) is 1.35. The van der Waals surface area contributed by atoms with Crippen LogP contribution in [0.15, 0.2) is 24.3 Å². The summed E-state index contributed by atoms with van der Waals surface area (Å²) in [7, 11) is 2.67. The molecule has 0 atom stereocenters. The molecule has 0 saturated carbocycles. The molecule has 0 amide bonds. The lowest BCUT2D eigenvalue weighted by molar-refractivity contribution is 0.0749. The lowest BCUT2D eigenvalue weighted by Crippen LogP contribution is -2.01. The van der Waals surface area contributed by atoms with Gasteiger partial charge in [0.25, 0.3) is 0 Å². The van der Waals surface area contributed by atoms with Crippen molar-refractivity contribution in [3.8, 4) is 0 Å². The molecule has 1 aromatic rings. The summed E-state index contributed by atoms with van der Waals surface area (Å²) in [6, 6.07) is 7.20. The number of rotatable bonds is 1. The first-order valence-corrected chi connectivity index (χ1v) is 3.59. The van der Waals surface area contributed by atoms with Gasteiger partial charge in [-0.15, -0.1) is 0 Å². The van der Waals surface area contributed by atoms with Gasteiger partial charge in [0.1, 0.15) is 0 Å². The maximum atomic E-state index is 10.9. The zero-order valence-electron chi connectivity index (χ0n) is 6.13. The van der Waals surface area contributed by atoms with Crippen LogP contribution in [0, 0.1) is 6.92 Å². The molecule has 0 saturated heterocycles. The van der Waals surface area contributed by atoms with E-state index in [0.29, 0.717) is 5.56 Å². The van der Waals surface area contributed by atoms with Crippen molar-refractivity contribution in [1.82, 2.24) is 0 Å². The third-order valence-corrected chi connectivity index (χ3v) is 1.53. The largest absolute Gasteiger partial charge is 0.513 e. The molecule has 0 N–H and O–H groups in total.